The highest BCUT2D eigenvalue weighted by Gasteiger charge is 2.17. The summed E-state index contributed by atoms with van der Waals surface area (Å²) >= 11 is 0. The molecule has 0 atom stereocenters. The van der Waals surface area contributed by atoms with Gasteiger partial charge in [-0.25, -0.2) is 0 Å². The van der Waals surface area contributed by atoms with E-state index in [9.17, 15) is 4.79 Å². The summed E-state index contributed by atoms with van der Waals surface area (Å²) in [5, 5.41) is 1.13. The van der Waals surface area contributed by atoms with Gasteiger partial charge in [-0.05, 0) is 42.5 Å². The topological polar surface area (TPSA) is 39.3 Å². The maximum absolute atomic E-state index is 12.8. The van der Waals surface area contributed by atoms with Crippen molar-refractivity contribution in [1.29, 1.82) is 0 Å². The molecule has 0 bridgehead atoms. The Balaban J connectivity index is 1.47. The molecule has 1 fully saturated rings. The molecule has 1 aliphatic heterocycles. The van der Waals surface area contributed by atoms with Crippen molar-refractivity contribution in [3.05, 3.63) is 65.9 Å². The van der Waals surface area contributed by atoms with Crippen molar-refractivity contribution in [3.63, 3.8) is 0 Å². The van der Waals surface area contributed by atoms with Crippen LogP contribution in [0.3, 0.4) is 0 Å². The second kappa shape index (κ2) is 7.87. The Bertz CT molecular complexity index is 924. The number of hydrogen-bond donors (Lipinski definition) is 1. The Kier molecular flexibility index (Phi) is 5.14. The van der Waals surface area contributed by atoms with Crippen LogP contribution in [0.2, 0.25) is 0 Å². The summed E-state index contributed by atoms with van der Waals surface area (Å²) in [6.45, 7) is 2.88. The first-order valence-corrected chi connectivity index (χ1v) is 9.84. The standard InChI is InChI=1S/C23H27N3O/c1-25(23(27)15-19-16-24-21-11-5-4-10-20(19)21)17-18-9-3-6-12-22(18)26-13-7-2-8-14-26/h3-6,9-12,16,24H,2,7-8,13-15,17H2,1H3. The molecule has 0 spiro atoms. The first-order chi connectivity index (χ1) is 13.2. The van der Waals surface area contributed by atoms with Gasteiger partial charge in [0.05, 0.1) is 6.42 Å². The summed E-state index contributed by atoms with van der Waals surface area (Å²) in [5.41, 5.74) is 4.66. The molecule has 4 nitrogen and oxygen atoms in total. The monoisotopic (exact) mass is 361 g/mol. The molecule has 4 rings (SSSR count). The fourth-order valence-electron chi connectivity index (χ4n) is 4.01. The molecule has 1 saturated heterocycles. The Hall–Kier alpha value is -2.75. The lowest BCUT2D eigenvalue weighted by molar-refractivity contribution is -0.129. The predicted molar refractivity (Wildman–Crippen MR) is 111 cm³/mol. The largest absolute Gasteiger partial charge is 0.371 e. The van der Waals surface area contributed by atoms with E-state index < -0.39 is 0 Å². The van der Waals surface area contributed by atoms with Gasteiger partial charge in [0.25, 0.3) is 0 Å². The van der Waals surface area contributed by atoms with Gasteiger partial charge in [0.2, 0.25) is 5.91 Å². The van der Waals surface area contributed by atoms with Crippen LogP contribution in [0.1, 0.15) is 30.4 Å². The summed E-state index contributed by atoms with van der Waals surface area (Å²) in [6, 6.07) is 16.7. The zero-order valence-electron chi connectivity index (χ0n) is 15.9. The molecule has 1 N–H and O–H groups in total. The number of H-pyrrole nitrogens is 1. The van der Waals surface area contributed by atoms with Crippen molar-refractivity contribution < 1.29 is 4.79 Å². The van der Waals surface area contributed by atoms with E-state index in [1.54, 1.807) is 0 Å². The lowest BCUT2D eigenvalue weighted by atomic mass is 10.1. The number of fused-ring (bicyclic) bond motifs is 1. The Morgan fingerprint density at radius 2 is 1.74 bits per heavy atom. The number of amides is 1. The fourth-order valence-corrected chi connectivity index (χ4v) is 4.01. The number of carbonyl (C=O) groups is 1. The number of rotatable bonds is 5. The van der Waals surface area contributed by atoms with Gasteiger partial charge in [0, 0.05) is 49.5 Å². The lowest BCUT2D eigenvalue weighted by Crippen LogP contribution is -2.32. The van der Waals surface area contributed by atoms with Crippen LogP contribution in [0, 0.1) is 0 Å². The van der Waals surface area contributed by atoms with E-state index in [4.69, 9.17) is 0 Å². The van der Waals surface area contributed by atoms with Gasteiger partial charge in [0.15, 0.2) is 0 Å². The third-order valence-corrected chi connectivity index (χ3v) is 5.54. The third-order valence-electron chi connectivity index (χ3n) is 5.54. The summed E-state index contributed by atoms with van der Waals surface area (Å²) in [6.07, 6.45) is 6.21. The number of hydrogen-bond acceptors (Lipinski definition) is 2. The SMILES string of the molecule is CN(Cc1ccccc1N1CCCCC1)C(=O)Cc1c[nH]c2ccccc12. The normalized spacial score (nSPS) is 14.5. The number of aromatic amines is 1. The fraction of sp³-hybridized carbons (Fsp3) is 0.348. The van der Waals surface area contributed by atoms with Crippen LogP contribution in [0.15, 0.2) is 54.7 Å². The average molecular weight is 361 g/mol. The van der Waals surface area contributed by atoms with Gasteiger partial charge in [-0.1, -0.05) is 36.4 Å². The van der Waals surface area contributed by atoms with Crippen molar-refractivity contribution in [3.8, 4) is 0 Å². The van der Waals surface area contributed by atoms with Crippen LogP contribution in [-0.4, -0.2) is 35.9 Å². The molecule has 1 amide bonds. The van der Waals surface area contributed by atoms with E-state index in [1.807, 2.05) is 36.3 Å². The van der Waals surface area contributed by atoms with Crippen LogP contribution in [-0.2, 0) is 17.8 Å². The molecular formula is C23H27N3O. The first-order valence-electron chi connectivity index (χ1n) is 9.84. The lowest BCUT2D eigenvalue weighted by Gasteiger charge is -2.31. The Morgan fingerprint density at radius 1 is 1.00 bits per heavy atom. The zero-order valence-corrected chi connectivity index (χ0v) is 15.9. The Morgan fingerprint density at radius 3 is 2.59 bits per heavy atom. The number of piperidine rings is 1. The maximum atomic E-state index is 12.8. The Labute approximate surface area is 160 Å². The minimum atomic E-state index is 0.146. The molecule has 140 valence electrons. The molecule has 0 radical (unpaired) electrons. The summed E-state index contributed by atoms with van der Waals surface area (Å²) < 4.78 is 0. The van der Waals surface area contributed by atoms with Crippen molar-refractivity contribution in [2.75, 3.05) is 25.0 Å². The van der Waals surface area contributed by atoms with Crippen LogP contribution in [0.25, 0.3) is 10.9 Å². The van der Waals surface area contributed by atoms with Crippen molar-refractivity contribution >= 4 is 22.5 Å². The second-order valence-corrected chi connectivity index (χ2v) is 7.46. The number of para-hydroxylation sites is 2. The molecule has 2 heterocycles. The number of aromatic nitrogens is 1. The highest BCUT2D eigenvalue weighted by atomic mass is 16.2. The van der Waals surface area contributed by atoms with Crippen LogP contribution >= 0.6 is 0 Å². The van der Waals surface area contributed by atoms with Gasteiger partial charge in [-0.3, -0.25) is 4.79 Å². The number of benzene rings is 2. The number of carbonyl (C=O) groups excluding carboxylic acids is 1. The number of nitrogens with one attached hydrogen (secondary N) is 1. The quantitative estimate of drug-likeness (QED) is 0.733. The molecular weight excluding hydrogens is 334 g/mol. The number of anilines is 1. The highest BCUT2D eigenvalue weighted by Crippen LogP contribution is 2.25. The first kappa shape index (κ1) is 17.7. The van der Waals surface area contributed by atoms with E-state index in [-0.39, 0.29) is 5.91 Å². The minimum Gasteiger partial charge on any atom is -0.371 e. The molecule has 4 heteroatoms. The number of likely N-dealkylation sites (N-methyl/N-ethyl adjacent to an activating group) is 1. The van der Waals surface area contributed by atoms with E-state index in [1.165, 1.54) is 30.5 Å². The summed E-state index contributed by atoms with van der Waals surface area (Å²) in [5.74, 6) is 0.146. The molecule has 27 heavy (non-hydrogen) atoms. The smallest absolute Gasteiger partial charge is 0.227 e. The van der Waals surface area contributed by atoms with Crippen LogP contribution < -0.4 is 4.90 Å². The van der Waals surface area contributed by atoms with Gasteiger partial charge in [-0.2, -0.15) is 0 Å². The minimum absolute atomic E-state index is 0.146. The molecule has 1 aliphatic rings. The molecule has 0 saturated carbocycles. The van der Waals surface area contributed by atoms with Crippen LogP contribution in [0.4, 0.5) is 5.69 Å². The number of nitrogens with zero attached hydrogens (tertiary/aromatic N) is 2. The summed E-state index contributed by atoms with van der Waals surface area (Å²) in [7, 11) is 1.91. The van der Waals surface area contributed by atoms with Crippen molar-refractivity contribution in [2.45, 2.75) is 32.2 Å². The molecule has 0 aliphatic carbocycles. The average Bonchev–Trinajstić information content (AvgIpc) is 3.12. The van der Waals surface area contributed by atoms with Crippen molar-refractivity contribution in [2.24, 2.45) is 0 Å². The van der Waals surface area contributed by atoms with Crippen LogP contribution in [0.5, 0.6) is 0 Å². The van der Waals surface area contributed by atoms with E-state index in [0.717, 1.165) is 29.6 Å². The zero-order chi connectivity index (χ0) is 18.6. The molecule has 2 aromatic carbocycles. The third kappa shape index (κ3) is 3.85. The molecule has 0 unspecified atom stereocenters. The van der Waals surface area contributed by atoms with E-state index in [2.05, 4.69) is 40.2 Å². The predicted octanol–water partition coefficient (Wildman–Crippen LogP) is 4.36. The molecule has 3 aromatic rings. The second-order valence-electron chi connectivity index (χ2n) is 7.46. The van der Waals surface area contributed by atoms with E-state index in [0.29, 0.717) is 13.0 Å². The van der Waals surface area contributed by atoms with Crippen molar-refractivity contribution in [1.82, 2.24) is 9.88 Å². The van der Waals surface area contributed by atoms with Gasteiger partial charge < -0.3 is 14.8 Å². The molecule has 1 aromatic heterocycles. The highest BCUT2D eigenvalue weighted by molar-refractivity contribution is 5.88. The van der Waals surface area contributed by atoms with Gasteiger partial charge in [0.1, 0.15) is 0 Å². The van der Waals surface area contributed by atoms with Gasteiger partial charge >= 0.3 is 0 Å². The summed E-state index contributed by atoms with van der Waals surface area (Å²) in [4.78, 5) is 20.4. The maximum Gasteiger partial charge on any atom is 0.227 e. The van der Waals surface area contributed by atoms with Gasteiger partial charge in [-0.15, -0.1) is 0 Å². The van der Waals surface area contributed by atoms with E-state index >= 15 is 0 Å².